The van der Waals surface area contributed by atoms with Crippen LogP contribution in [0.5, 0.6) is 5.75 Å². The Bertz CT molecular complexity index is 722. The Morgan fingerprint density at radius 1 is 1.36 bits per heavy atom. The van der Waals surface area contributed by atoms with Gasteiger partial charge in [0.1, 0.15) is 11.6 Å². The minimum atomic E-state index is -0.436. The second-order valence-electron chi connectivity index (χ2n) is 6.80. The van der Waals surface area contributed by atoms with Gasteiger partial charge < -0.3 is 14.6 Å². The summed E-state index contributed by atoms with van der Waals surface area (Å²) in [6.07, 6.45) is 1.68. The summed E-state index contributed by atoms with van der Waals surface area (Å²) < 4.78 is 25.9. The molecule has 1 fully saturated rings. The van der Waals surface area contributed by atoms with Gasteiger partial charge in [-0.05, 0) is 48.9 Å². The van der Waals surface area contributed by atoms with Crippen LogP contribution in [0.3, 0.4) is 0 Å². The van der Waals surface area contributed by atoms with E-state index in [0.717, 1.165) is 48.4 Å². The molecular weight excluding hydrogens is 341 g/mol. The number of hydrogen-bond donors (Lipinski definition) is 1. The number of thiophene rings is 1. The normalized spacial score (nSPS) is 23.9. The van der Waals surface area contributed by atoms with Crippen molar-refractivity contribution in [2.24, 2.45) is 5.92 Å². The Balaban J connectivity index is 1.57. The molecule has 1 aromatic carbocycles. The van der Waals surface area contributed by atoms with Gasteiger partial charge in [-0.25, -0.2) is 4.39 Å². The van der Waals surface area contributed by atoms with Crippen molar-refractivity contribution >= 4 is 11.3 Å². The molecule has 0 radical (unpaired) electrons. The number of piperidine rings is 1. The standard InChI is InChI=1S/C19H22FNO3S/c20-17-6-15(9-21-4-1-2-13(8-21)10-22)18-16(7-17)11-23-19(24-18)14-3-5-25-12-14/h3,5-7,12-13,19,22H,1-2,4,8-11H2/t13-,19+/m0/s1. The van der Waals surface area contributed by atoms with Crippen LogP contribution in [0.2, 0.25) is 0 Å². The summed E-state index contributed by atoms with van der Waals surface area (Å²) in [6, 6.07) is 5.05. The van der Waals surface area contributed by atoms with E-state index < -0.39 is 6.29 Å². The summed E-state index contributed by atoms with van der Waals surface area (Å²) in [5.74, 6) is 0.793. The first kappa shape index (κ1) is 17.0. The van der Waals surface area contributed by atoms with Crippen LogP contribution >= 0.6 is 11.3 Å². The molecule has 0 aliphatic carbocycles. The third kappa shape index (κ3) is 3.72. The summed E-state index contributed by atoms with van der Waals surface area (Å²) in [6.45, 7) is 2.99. The molecule has 2 aliphatic heterocycles. The van der Waals surface area contributed by atoms with E-state index >= 15 is 0 Å². The number of nitrogens with zero attached hydrogens (tertiary/aromatic N) is 1. The second-order valence-corrected chi connectivity index (χ2v) is 7.58. The molecule has 1 N–H and O–H groups in total. The van der Waals surface area contributed by atoms with Crippen molar-refractivity contribution in [1.29, 1.82) is 0 Å². The Morgan fingerprint density at radius 2 is 2.28 bits per heavy atom. The summed E-state index contributed by atoms with van der Waals surface area (Å²) in [7, 11) is 0. The zero-order valence-electron chi connectivity index (χ0n) is 14.0. The van der Waals surface area contributed by atoms with Gasteiger partial charge in [0.25, 0.3) is 0 Å². The Hall–Kier alpha value is -1.47. The molecule has 6 heteroatoms. The first-order valence-electron chi connectivity index (χ1n) is 8.68. The number of hydrogen-bond acceptors (Lipinski definition) is 5. The van der Waals surface area contributed by atoms with Gasteiger partial charge in [-0.2, -0.15) is 11.3 Å². The molecule has 2 aliphatic rings. The average molecular weight is 363 g/mol. The van der Waals surface area contributed by atoms with E-state index in [1.165, 1.54) is 6.07 Å². The van der Waals surface area contributed by atoms with E-state index in [-0.39, 0.29) is 12.4 Å². The van der Waals surface area contributed by atoms with Crippen LogP contribution in [-0.4, -0.2) is 29.7 Å². The Kier molecular flexibility index (Phi) is 5.03. The average Bonchev–Trinajstić information content (AvgIpc) is 3.16. The van der Waals surface area contributed by atoms with E-state index in [4.69, 9.17) is 9.47 Å². The molecule has 4 nitrogen and oxygen atoms in total. The summed E-state index contributed by atoms with van der Waals surface area (Å²) in [4.78, 5) is 2.28. The summed E-state index contributed by atoms with van der Waals surface area (Å²) in [5, 5.41) is 13.4. The van der Waals surface area contributed by atoms with Crippen LogP contribution in [0.4, 0.5) is 4.39 Å². The lowest BCUT2D eigenvalue weighted by molar-refractivity contribution is -0.112. The van der Waals surface area contributed by atoms with Gasteiger partial charge in [-0.3, -0.25) is 4.90 Å². The summed E-state index contributed by atoms with van der Waals surface area (Å²) in [5.41, 5.74) is 2.61. The topological polar surface area (TPSA) is 41.9 Å². The van der Waals surface area contributed by atoms with Crippen LogP contribution in [-0.2, 0) is 17.9 Å². The molecule has 2 atom stereocenters. The van der Waals surface area contributed by atoms with Crippen molar-refractivity contribution in [3.8, 4) is 5.75 Å². The number of ether oxygens (including phenoxy) is 2. The number of likely N-dealkylation sites (tertiary alicyclic amines) is 1. The molecule has 1 aromatic heterocycles. The minimum Gasteiger partial charge on any atom is -0.460 e. The van der Waals surface area contributed by atoms with Crippen LogP contribution in [0.25, 0.3) is 0 Å². The monoisotopic (exact) mass is 363 g/mol. The van der Waals surface area contributed by atoms with Gasteiger partial charge in [0, 0.05) is 41.8 Å². The number of benzene rings is 1. The largest absolute Gasteiger partial charge is 0.460 e. The van der Waals surface area contributed by atoms with E-state index in [2.05, 4.69) is 4.90 Å². The predicted octanol–water partition coefficient (Wildman–Crippen LogP) is 3.70. The fourth-order valence-corrected chi connectivity index (χ4v) is 4.31. The molecule has 0 spiro atoms. The molecule has 2 aromatic rings. The van der Waals surface area contributed by atoms with Gasteiger partial charge in [0.15, 0.2) is 0 Å². The number of aliphatic hydroxyl groups is 1. The maximum absolute atomic E-state index is 14.1. The molecule has 4 rings (SSSR count). The van der Waals surface area contributed by atoms with Gasteiger partial charge >= 0.3 is 0 Å². The fraction of sp³-hybridized carbons (Fsp3) is 0.474. The van der Waals surface area contributed by atoms with E-state index in [1.54, 1.807) is 17.4 Å². The number of fused-ring (bicyclic) bond motifs is 1. The van der Waals surface area contributed by atoms with Crippen molar-refractivity contribution in [1.82, 2.24) is 4.90 Å². The molecule has 1 saturated heterocycles. The van der Waals surface area contributed by atoms with Gasteiger partial charge in [-0.15, -0.1) is 0 Å². The number of rotatable bonds is 4. The molecule has 0 saturated carbocycles. The molecule has 0 amide bonds. The maximum Gasteiger partial charge on any atom is 0.227 e. The van der Waals surface area contributed by atoms with Gasteiger partial charge in [-0.1, -0.05) is 0 Å². The van der Waals surface area contributed by atoms with Crippen molar-refractivity contribution in [2.75, 3.05) is 19.7 Å². The minimum absolute atomic E-state index is 0.211. The van der Waals surface area contributed by atoms with Crippen molar-refractivity contribution < 1.29 is 19.0 Å². The quantitative estimate of drug-likeness (QED) is 0.899. The predicted molar refractivity (Wildman–Crippen MR) is 94.0 cm³/mol. The highest BCUT2D eigenvalue weighted by molar-refractivity contribution is 7.07. The van der Waals surface area contributed by atoms with E-state index in [1.807, 2.05) is 16.8 Å². The first-order valence-corrected chi connectivity index (χ1v) is 9.62. The van der Waals surface area contributed by atoms with Crippen LogP contribution < -0.4 is 4.74 Å². The van der Waals surface area contributed by atoms with Crippen molar-refractivity contribution in [3.05, 3.63) is 51.5 Å². The van der Waals surface area contributed by atoms with Crippen LogP contribution in [0.1, 0.15) is 35.8 Å². The smallest absolute Gasteiger partial charge is 0.227 e. The number of halogens is 1. The lowest BCUT2D eigenvalue weighted by atomic mass is 9.98. The van der Waals surface area contributed by atoms with Crippen molar-refractivity contribution in [3.63, 3.8) is 0 Å². The zero-order chi connectivity index (χ0) is 17.2. The lowest BCUT2D eigenvalue weighted by Gasteiger charge is -2.33. The Morgan fingerprint density at radius 3 is 3.08 bits per heavy atom. The van der Waals surface area contributed by atoms with Gasteiger partial charge in [0.05, 0.1) is 6.61 Å². The third-order valence-electron chi connectivity index (χ3n) is 4.89. The molecule has 25 heavy (non-hydrogen) atoms. The lowest BCUT2D eigenvalue weighted by Crippen LogP contribution is -2.36. The maximum atomic E-state index is 14.1. The second kappa shape index (κ2) is 7.41. The molecule has 0 unspecified atom stereocenters. The first-order chi connectivity index (χ1) is 12.2. The molecule has 3 heterocycles. The van der Waals surface area contributed by atoms with E-state index in [0.29, 0.717) is 19.1 Å². The van der Waals surface area contributed by atoms with Crippen LogP contribution in [0, 0.1) is 11.7 Å². The Labute approximate surface area is 150 Å². The molecular formula is C19H22FNO3S. The summed E-state index contributed by atoms with van der Waals surface area (Å²) >= 11 is 1.60. The van der Waals surface area contributed by atoms with E-state index in [9.17, 15) is 9.50 Å². The SMILES string of the molecule is OC[C@H]1CCCN(Cc2cc(F)cc3c2O[C@H](c2ccsc2)OC3)C1. The van der Waals surface area contributed by atoms with Crippen LogP contribution in [0.15, 0.2) is 29.0 Å². The third-order valence-corrected chi connectivity index (χ3v) is 5.59. The van der Waals surface area contributed by atoms with Crippen molar-refractivity contribution in [2.45, 2.75) is 32.3 Å². The molecule has 134 valence electrons. The number of aliphatic hydroxyl groups excluding tert-OH is 1. The highest BCUT2D eigenvalue weighted by Gasteiger charge is 2.27. The molecule has 0 bridgehead atoms. The highest BCUT2D eigenvalue weighted by Crippen LogP contribution is 2.37. The fourth-order valence-electron chi connectivity index (χ4n) is 3.65. The van der Waals surface area contributed by atoms with Gasteiger partial charge in [0.2, 0.25) is 6.29 Å². The zero-order valence-corrected chi connectivity index (χ0v) is 14.8. The highest BCUT2D eigenvalue weighted by atomic mass is 32.1.